The summed E-state index contributed by atoms with van der Waals surface area (Å²) in [4.78, 5) is 0. The molecule has 3 aromatic rings. The molecule has 22 heavy (non-hydrogen) atoms. The summed E-state index contributed by atoms with van der Waals surface area (Å²) < 4.78 is 2.22. The predicted octanol–water partition coefficient (Wildman–Crippen LogP) is 4.89. The van der Waals surface area contributed by atoms with Gasteiger partial charge in [-0.2, -0.15) is 0 Å². The van der Waals surface area contributed by atoms with Gasteiger partial charge in [-0.25, -0.2) is 0 Å². The zero-order valence-corrected chi connectivity index (χ0v) is 13.9. The van der Waals surface area contributed by atoms with Crippen LogP contribution in [0, 0.1) is 0 Å². The second kappa shape index (κ2) is 6.33. The minimum absolute atomic E-state index is 0.137. The van der Waals surface area contributed by atoms with Crippen molar-refractivity contribution in [1.82, 2.24) is 4.57 Å². The van der Waals surface area contributed by atoms with Gasteiger partial charge in [0.2, 0.25) is 0 Å². The van der Waals surface area contributed by atoms with Crippen molar-refractivity contribution in [3.8, 4) is 0 Å². The van der Waals surface area contributed by atoms with Crippen LogP contribution in [0.2, 0.25) is 10.0 Å². The van der Waals surface area contributed by atoms with Crippen LogP contribution in [0.1, 0.15) is 18.1 Å². The lowest BCUT2D eigenvalue weighted by molar-refractivity contribution is 0.735. The SMILES string of the molecule is CC(N)Cc1cn(Cc2ccc(Cl)cc2Cl)c2ccccc12. The molecule has 0 amide bonds. The number of hydrogen-bond donors (Lipinski definition) is 1. The Bertz CT molecular complexity index is 806. The van der Waals surface area contributed by atoms with Crippen LogP contribution in [0.15, 0.2) is 48.7 Å². The number of halogens is 2. The molecule has 2 N–H and O–H groups in total. The van der Waals surface area contributed by atoms with Gasteiger partial charge in [0.1, 0.15) is 0 Å². The third-order valence-corrected chi connectivity index (χ3v) is 4.36. The molecular formula is C18H18Cl2N2. The maximum absolute atomic E-state index is 6.30. The highest BCUT2D eigenvalue weighted by molar-refractivity contribution is 6.35. The molecule has 2 nitrogen and oxygen atoms in total. The molecule has 1 unspecified atom stereocenters. The first-order valence-corrected chi connectivity index (χ1v) is 8.06. The largest absolute Gasteiger partial charge is 0.343 e. The summed E-state index contributed by atoms with van der Waals surface area (Å²) in [6.45, 7) is 2.75. The first kappa shape index (κ1) is 15.4. The molecule has 0 spiro atoms. The normalized spacial score (nSPS) is 12.7. The van der Waals surface area contributed by atoms with Gasteiger partial charge in [-0.05, 0) is 42.7 Å². The zero-order chi connectivity index (χ0) is 15.7. The van der Waals surface area contributed by atoms with Crippen LogP contribution in [0.3, 0.4) is 0 Å². The molecular weight excluding hydrogens is 315 g/mol. The molecule has 0 bridgehead atoms. The van der Waals surface area contributed by atoms with E-state index in [0.717, 1.165) is 18.5 Å². The van der Waals surface area contributed by atoms with Crippen molar-refractivity contribution >= 4 is 34.1 Å². The third-order valence-electron chi connectivity index (χ3n) is 3.77. The number of para-hydroxylation sites is 1. The van der Waals surface area contributed by atoms with Gasteiger partial charge >= 0.3 is 0 Å². The van der Waals surface area contributed by atoms with Gasteiger partial charge < -0.3 is 10.3 Å². The van der Waals surface area contributed by atoms with Crippen LogP contribution in [0.5, 0.6) is 0 Å². The number of rotatable bonds is 4. The summed E-state index contributed by atoms with van der Waals surface area (Å²) in [5.74, 6) is 0. The van der Waals surface area contributed by atoms with E-state index in [1.54, 1.807) is 6.07 Å². The molecule has 1 atom stereocenters. The van der Waals surface area contributed by atoms with Gasteiger partial charge in [0, 0.05) is 39.7 Å². The summed E-state index contributed by atoms with van der Waals surface area (Å²) in [5.41, 5.74) is 9.50. The number of fused-ring (bicyclic) bond motifs is 1. The first-order valence-electron chi connectivity index (χ1n) is 7.31. The summed E-state index contributed by atoms with van der Waals surface area (Å²) in [7, 11) is 0. The lowest BCUT2D eigenvalue weighted by Gasteiger charge is -2.08. The van der Waals surface area contributed by atoms with E-state index in [4.69, 9.17) is 28.9 Å². The van der Waals surface area contributed by atoms with Gasteiger partial charge in [0.15, 0.2) is 0 Å². The van der Waals surface area contributed by atoms with Crippen LogP contribution in [0.4, 0.5) is 0 Å². The second-order valence-electron chi connectivity index (χ2n) is 5.72. The molecule has 4 heteroatoms. The highest BCUT2D eigenvalue weighted by atomic mass is 35.5. The van der Waals surface area contributed by atoms with Crippen molar-refractivity contribution in [2.24, 2.45) is 5.73 Å². The number of nitrogens with zero attached hydrogens (tertiary/aromatic N) is 1. The maximum atomic E-state index is 6.30. The van der Waals surface area contributed by atoms with Crippen LogP contribution < -0.4 is 5.73 Å². The number of nitrogens with two attached hydrogens (primary N) is 1. The molecule has 0 radical (unpaired) electrons. The molecule has 0 fully saturated rings. The minimum Gasteiger partial charge on any atom is -0.343 e. The van der Waals surface area contributed by atoms with E-state index in [0.29, 0.717) is 10.0 Å². The minimum atomic E-state index is 0.137. The molecule has 114 valence electrons. The molecule has 2 aromatic carbocycles. The first-order chi connectivity index (χ1) is 10.5. The summed E-state index contributed by atoms with van der Waals surface area (Å²) >= 11 is 12.3. The Morgan fingerprint density at radius 2 is 1.86 bits per heavy atom. The summed E-state index contributed by atoms with van der Waals surface area (Å²) in [5, 5.41) is 2.60. The standard InChI is InChI=1S/C18H18Cl2N2/c1-12(21)8-14-11-22(18-5-3-2-4-16(14)18)10-13-6-7-15(19)9-17(13)20/h2-7,9,11-12H,8,10,21H2,1H3. The highest BCUT2D eigenvalue weighted by Gasteiger charge is 2.11. The average Bonchev–Trinajstić information content (AvgIpc) is 2.80. The molecule has 1 heterocycles. The van der Waals surface area contributed by atoms with Gasteiger partial charge in [0.05, 0.1) is 0 Å². The van der Waals surface area contributed by atoms with Gasteiger partial charge in [-0.15, -0.1) is 0 Å². The van der Waals surface area contributed by atoms with E-state index < -0.39 is 0 Å². The van der Waals surface area contributed by atoms with Crippen LogP contribution in [-0.2, 0) is 13.0 Å². The highest BCUT2D eigenvalue weighted by Crippen LogP contribution is 2.26. The fraction of sp³-hybridized carbons (Fsp3) is 0.222. The van der Waals surface area contributed by atoms with E-state index in [-0.39, 0.29) is 6.04 Å². The predicted molar refractivity (Wildman–Crippen MR) is 94.9 cm³/mol. The zero-order valence-electron chi connectivity index (χ0n) is 12.4. The van der Waals surface area contributed by atoms with Gasteiger partial charge in [-0.3, -0.25) is 0 Å². The van der Waals surface area contributed by atoms with Crippen molar-refractivity contribution in [1.29, 1.82) is 0 Å². The van der Waals surface area contributed by atoms with Crippen molar-refractivity contribution in [2.75, 3.05) is 0 Å². The Balaban J connectivity index is 2.03. The van der Waals surface area contributed by atoms with Crippen molar-refractivity contribution in [3.63, 3.8) is 0 Å². The second-order valence-corrected chi connectivity index (χ2v) is 6.56. The average molecular weight is 333 g/mol. The van der Waals surface area contributed by atoms with E-state index in [1.165, 1.54) is 16.5 Å². The smallest absolute Gasteiger partial charge is 0.0491 e. The lowest BCUT2D eigenvalue weighted by Crippen LogP contribution is -2.17. The Morgan fingerprint density at radius 3 is 2.59 bits per heavy atom. The number of benzene rings is 2. The van der Waals surface area contributed by atoms with E-state index in [2.05, 4.69) is 35.0 Å². The summed E-state index contributed by atoms with van der Waals surface area (Å²) in [6, 6.07) is 14.2. The van der Waals surface area contributed by atoms with E-state index in [1.807, 2.05) is 19.1 Å². The fourth-order valence-corrected chi connectivity index (χ4v) is 3.26. The molecule has 0 saturated heterocycles. The van der Waals surface area contributed by atoms with Gasteiger partial charge in [-0.1, -0.05) is 47.5 Å². The molecule has 3 rings (SSSR count). The fourth-order valence-electron chi connectivity index (χ4n) is 2.80. The lowest BCUT2D eigenvalue weighted by atomic mass is 10.1. The maximum Gasteiger partial charge on any atom is 0.0491 e. The van der Waals surface area contributed by atoms with Crippen molar-refractivity contribution < 1.29 is 0 Å². The van der Waals surface area contributed by atoms with Crippen LogP contribution >= 0.6 is 23.2 Å². The Kier molecular flexibility index (Phi) is 4.44. The van der Waals surface area contributed by atoms with E-state index >= 15 is 0 Å². The Labute approximate surface area is 140 Å². The van der Waals surface area contributed by atoms with Crippen LogP contribution in [0.25, 0.3) is 10.9 Å². The molecule has 0 aliphatic carbocycles. The van der Waals surface area contributed by atoms with E-state index in [9.17, 15) is 0 Å². The van der Waals surface area contributed by atoms with Crippen molar-refractivity contribution in [3.05, 3.63) is 69.8 Å². The molecule has 0 saturated carbocycles. The van der Waals surface area contributed by atoms with Crippen molar-refractivity contribution in [2.45, 2.75) is 25.9 Å². The monoisotopic (exact) mass is 332 g/mol. The number of hydrogen-bond acceptors (Lipinski definition) is 1. The van der Waals surface area contributed by atoms with Crippen LogP contribution in [-0.4, -0.2) is 10.6 Å². The quantitative estimate of drug-likeness (QED) is 0.724. The third kappa shape index (κ3) is 3.14. The topological polar surface area (TPSA) is 30.9 Å². The summed E-state index contributed by atoms with van der Waals surface area (Å²) in [6.07, 6.45) is 3.04. The Hall–Kier alpha value is -1.48. The molecule has 1 aromatic heterocycles. The van der Waals surface area contributed by atoms with Gasteiger partial charge in [0.25, 0.3) is 0 Å². The Morgan fingerprint density at radius 1 is 1.09 bits per heavy atom. The number of aromatic nitrogens is 1. The molecule has 0 aliphatic rings. The molecule has 0 aliphatic heterocycles.